The Labute approximate surface area is 190 Å². The van der Waals surface area contributed by atoms with E-state index in [1.54, 1.807) is 19.3 Å². The molecule has 0 aromatic heterocycles. The van der Waals surface area contributed by atoms with Crippen molar-refractivity contribution >= 4 is 23.2 Å². The first-order chi connectivity index (χ1) is 15.1. The van der Waals surface area contributed by atoms with Crippen molar-refractivity contribution in [2.75, 3.05) is 38.7 Å². The highest BCUT2D eigenvalue weighted by Gasteiger charge is 2.20. The quantitative estimate of drug-likeness (QED) is 0.493. The highest BCUT2D eigenvalue weighted by Crippen LogP contribution is 2.31. The zero-order chi connectivity index (χ0) is 22.1. The lowest BCUT2D eigenvalue weighted by atomic mass is 9.94. The number of nitrogens with one attached hydrogen (secondary N) is 1. The Balaban J connectivity index is 1.67. The Morgan fingerprint density at radius 2 is 2.00 bits per heavy atom. The number of likely N-dealkylation sites (tertiary alicyclic amines) is 1. The predicted molar refractivity (Wildman–Crippen MR) is 126 cm³/mol. The molecule has 0 spiro atoms. The van der Waals surface area contributed by atoms with Crippen LogP contribution >= 0.6 is 11.6 Å². The number of amides is 1. The Kier molecular flexibility index (Phi) is 8.80. The minimum Gasteiger partial charge on any atom is -0.493 e. The van der Waals surface area contributed by atoms with Gasteiger partial charge in [-0.2, -0.15) is 0 Å². The number of benzene rings is 2. The number of allylic oxidation sites excluding steroid dienone is 1. The van der Waals surface area contributed by atoms with Crippen molar-refractivity contribution < 1.29 is 14.3 Å². The summed E-state index contributed by atoms with van der Waals surface area (Å²) in [7, 11) is 1.62. The highest BCUT2D eigenvalue weighted by atomic mass is 35.5. The molecule has 2 aromatic carbocycles. The smallest absolute Gasteiger partial charge is 0.232 e. The number of anilines is 1. The van der Waals surface area contributed by atoms with E-state index in [4.69, 9.17) is 21.1 Å². The maximum atomic E-state index is 13.0. The van der Waals surface area contributed by atoms with E-state index in [9.17, 15) is 4.79 Å². The van der Waals surface area contributed by atoms with E-state index in [-0.39, 0.29) is 11.8 Å². The average Bonchev–Trinajstić information content (AvgIpc) is 2.78. The summed E-state index contributed by atoms with van der Waals surface area (Å²) in [6.45, 7) is 7.52. The third-order valence-electron chi connectivity index (χ3n) is 5.51. The Morgan fingerprint density at radius 1 is 1.19 bits per heavy atom. The average molecular weight is 443 g/mol. The Bertz CT molecular complexity index is 881. The fraction of sp³-hybridized carbons (Fsp3) is 0.400. The Morgan fingerprint density at radius 3 is 2.71 bits per heavy atom. The number of hydrogen-bond acceptors (Lipinski definition) is 4. The fourth-order valence-electron chi connectivity index (χ4n) is 3.85. The van der Waals surface area contributed by atoms with Crippen LogP contribution in [0.25, 0.3) is 0 Å². The molecule has 0 aliphatic carbocycles. The predicted octanol–water partition coefficient (Wildman–Crippen LogP) is 5.51. The number of hydrogen-bond donors (Lipinski definition) is 1. The van der Waals surface area contributed by atoms with Gasteiger partial charge in [0.2, 0.25) is 5.91 Å². The molecule has 166 valence electrons. The third-order valence-corrected chi connectivity index (χ3v) is 5.75. The molecule has 1 amide bonds. The van der Waals surface area contributed by atoms with E-state index in [2.05, 4.69) is 16.8 Å². The van der Waals surface area contributed by atoms with Gasteiger partial charge in [-0.3, -0.25) is 9.69 Å². The van der Waals surface area contributed by atoms with E-state index < -0.39 is 0 Å². The number of nitrogens with zero attached hydrogens (tertiary/aromatic N) is 1. The van der Waals surface area contributed by atoms with E-state index in [0.29, 0.717) is 35.2 Å². The van der Waals surface area contributed by atoms with Crippen molar-refractivity contribution in [3.05, 3.63) is 65.7 Å². The van der Waals surface area contributed by atoms with Crippen LogP contribution in [0.4, 0.5) is 5.69 Å². The fourth-order valence-corrected chi connectivity index (χ4v) is 4.05. The van der Waals surface area contributed by atoms with Gasteiger partial charge in [0, 0.05) is 23.3 Å². The van der Waals surface area contributed by atoms with Gasteiger partial charge in [-0.15, -0.1) is 6.58 Å². The van der Waals surface area contributed by atoms with Gasteiger partial charge in [0.05, 0.1) is 13.0 Å². The summed E-state index contributed by atoms with van der Waals surface area (Å²) in [5, 5.41) is 3.61. The molecule has 1 fully saturated rings. The van der Waals surface area contributed by atoms with Crippen LogP contribution < -0.4 is 14.8 Å². The van der Waals surface area contributed by atoms with Crippen LogP contribution in [-0.4, -0.2) is 44.2 Å². The van der Waals surface area contributed by atoms with Crippen LogP contribution in [0.2, 0.25) is 5.02 Å². The van der Waals surface area contributed by atoms with E-state index >= 15 is 0 Å². The van der Waals surface area contributed by atoms with E-state index in [0.717, 1.165) is 25.2 Å². The molecule has 1 aliphatic heterocycles. The molecule has 3 rings (SSSR count). The van der Waals surface area contributed by atoms with Crippen LogP contribution in [0.1, 0.15) is 37.2 Å². The lowest BCUT2D eigenvalue weighted by molar-refractivity contribution is -0.117. The molecular formula is C25H31ClN2O3. The molecule has 0 bridgehead atoms. The molecule has 1 unspecified atom stereocenters. The van der Waals surface area contributed by atoms with E-state index in [1.807, 2.05) is 36.4 Å². The van der Waals surface area contributed by atoms with Gasteiger partial charge in [0.25, 0.3) is 0 Å². The summed E-state index contributed by atoms with van der Waals surface area (Å²) >= 11 is 6.12. The molecule has 1 N–H and O–H groups in total. The zero-order valence-electron chi connectivity index (χ0n) is 18.1. The first-order valence-electron chi connectivity index (χ1n) is 10.8. The topological polar surface area (TPSA) is 50.8 Å². The van der Waals surface area contributed by atoms with Crippen molar-refractivity contribution in [3.8, 4) is 11.5 Å². The summed E-state index contributed by atoms with van der Waals surface area (Å²) < 4.78 is 11.4. The molecule has 0 saturated carbocycles. The summed E-state index contributed by atoms with van der Waals surface area (Å²) in [4.78, 5) is 15.4. The monoisotopic (exact) mass is 442 g/mol. The lowest BCUT2D eigenvalue weighted by Gasteiger charge is -2.26. The van der Waals surface area contributed by atoms with E-state index in [1.165, 1.54) is 19.3 Å². The van der Waals surface area contributed by atoms with Crippen LogP contribution in [-0.2, 0) is 4.79 Å². The van der Waals surface area contributed by atoms with Gasteiger partial charge in [0.1, 0.15) is 6.61 Å². The summed E-state index contributed by atoms with van der Waals surface area (Å²) in [5.41, 5.74) is 1.52. The standard InChI is InChI=1S/C25H31ClN2O3/c1-3-8-22(19-9-7-10-20(26)17-19)25(29)27-21-11-12-23(30-2)24(18-21)31-16-15-28-13-5-4-6-14-28/h3,7,9-12,17-18,22H,1,4-6,8,13-16H2,2H3,(H,27,29). The molecule has 1 saturated heterocycles. The van der Waals surface area contributed by atoms with Crippen LogP contribution in [0.15, 0.2) is 55.1 Å². The van der Waals surface area contributed by atoms with Crippen LogP contribution in [0, 0.1) is 0 Å². The van der Waals surface area contributed by atoms with Crippen molar-refractivity contribution in [1.29, 1.82) is 0 Å². The SMILES string of the molecule is C=CCC(C(=O)Nc1ccc(OC)c(OCCN2CCCCC2)c1)c1cccc(Cl)c1. The number of carbonyl (C=O) groups excluding carboxylic acids is 1. The van der Waals surface area contributed by atoms with Crippen LogP contribution in [0.5, 0.6) is 11.5 Å². The Hall–Kier alpha value is -2.50. The first kappa shape index (κ1) is 23.2. The number of ether oxygens (including phenoxy) is 2. The number of halogens is 1. The zero-order valence-corrected chi connectivity index (χ0v) is 18.9. The largest absolute Gasteiger partial charge is 0.493 e. The maximum absolute atomic E-state index is 13.0. The van der Waals surface area contributed by atoms with Crippen molar-refractivity contribution in [3.63, 3.8) is 0 Å². The van der Waals surface area contributed by atoms with Gasteiger partial charge < -0.3 is 14.8 Å². The minimum atomic E-state index is -0.373. The van der Waals surface area contributed by atoms with Crippen molar-refractivity contribution in [1.82, 2.24) is 4.90 Å². The van der Waals surface area contributed by atoms with Crippen molar-refractivity contribution in [2.45, 2.75) is 31.6 Å². The molecule has 1 heterocycles. The lowest BCUT2D eigenvalue weighted by Crippen LogP contribution is -2.33. The molecule has 6 heteroatoms. The second-order valence-electron chi connectivity index (χ2n) is 7.74. The third kappa shape index (κ3) is 6.74. The van der Waals surface area contributed by atoms with Gasteiger partial charge in [-0.1, -0.05) is 36.2 Å². The van der Waals surface area contributed by atoms with Gasteiger partial charge in [-0.05, 0) is 62.2 Å². The molecule has 5 nitrogen and oxygen atoms in total. The summed E-state index contributed by atoms with van der Waals surface area (Å²) in [6.07, 6.45) is 6.08. The molecule has 1 atom stereocenters. The molecular weight excluding hydrogens is 412 g/mol. The minimum absolute atomic E-state index is 0.119. The number of rotatable bonds is 10. The molecule has 0 radical (unpaired) electrons. The molecule has 2 aromatic rings. The molecule has 31 heavy (non-hydrogen) atoms. The normalized spacial score (nSPS) is 15.2. The first-order valence-corrected chi connectivity index (χ1v) is 11.2. The van der Waals surface area contributed by atoms with Crippen LogP contribution in [0.3, 0.4) is 0 Å². The maximum Gasteiger partial charge on any atom is 0.232 e. The second kappa shape index (κ2) is 11.8. The number of carbonyl (C=O) groups is 1. The molecule has 1 aliphatic rings. The van der Waals surface area contributed by atoms with Gasteiger partial charge in [0.15, 0.2) is 11.5 Å². The summed E-state index contributed by atoms with van der Waals surface area (Å²) in [5.74, 6) is 0.780. The van der Waals surface area contributed by atoms with Crippen molar-refractivity contribution in [2.24, 2.45) is 0 Å². The second-order valence-corrected chi connectivity index (χ2v) is 8.17. The van der Waals surface area contributed by atoms with Gasteiger partial charge >= 0.3 is 0 Å². The number of piperidine rings is 1. The highest BCUT2D eigenvalue weighted by molar-refractivity contribution is 6.30. The summed E-state index contributed by atoms with van der Waals surface area (Å²) in [6, 6.07) is 12.8. The van der Waals surface area contributed by atoms with Gasteiger partial charge in [-0.25, -0.2) is 0 Å². The number of methoxy groups -OCH3 is 1.